The van der Waals surface area contributed by atoms with Gasteiger partial charge in [-0.3, -0.25) is 9.58 Å². The van der Waals surface area contributed by atoms with E-state index in [4.69, 9.17) is 4.74 Å². The monoisotopic (exact) mass is 219 g/mol. The first-order valence-electron chi connectivity index (χ1n) is 6.20. The normalized spacial score (nSPS) is 38.4. The summed E-state index contributed by atoms with van der Waals surface area (Å²) in [6.07, 6.45) is 6.21. The Labute approximate surface area is 95.2 Å². The van der Waals surface area contributed by atoms with E-state index in [1.807, 2.05) is 17.9 Å². The molecule has 3 fully saturated rings. The van der Waals surface area contributed by atoms with Gasteiger partial charge in [0.1, 0.15) is 11.7 Å². The molecule has 0 bridgehead atoms. The molecule has 2 saturated heterocycles. The highest BCUT2D eigenvalue weighted by molar-refractivity contribution is 5.24. The fourth-order valence-electron chi connectivity index (χ4n) is 3.15. The third-order valence-corrected chi connectivity index (χ3v) is 4.30. The van der Waals surface area contributed by atoms with Crippen LogP contribution in [0, 0.1) is 0 Å². The van der Waals surface area contributed by atoms with Crippen LogP contribution in [0.2, 0.25) is 0 Å². The summed E-state index contributed by atoms with van der Waals surface area (Å²) in [6.45, 7) is 2.31. The van der Waals surface area contributed by atoms with Crippen LogP contribution in [-0.2, 0) is 17.4 Å². The fraction of sp³-hybridized carbons (Fsp3) is 0.750. The van der Waals surface area contributed by atoms with Gasteiger partial charge in [-0.15, -0.1) is 0 Å². The van der Waals surface area contributed by atoms with E-state index in [2.05, 4.69) is 16.1 Å². The summed E-state index contributed by atoms with van der Waals surface area (Å²) >= 11 is 0. The maximum absolute atomic E-state index is 6.00. The number of likely N-dealkylation sites (tertiary alicyclic amines) is 1. The summed E-state index contributed by atoms with van der Waals surface area (Å²) < 4.78 is 7.96. The zero-order valence-electron chi connectivity index (χ0n) is 9.59. The highest BCUT2D eigenvalue weighted by Crippen LogP contribution is 2.52. The second-order valence-corrected chi connectivity index (χ2v) is 5.31. The second-order valence-electron chi connectivity index (χ2n) is 5.31. The van der Waals surface area contributed by atoms with E-state index in [1.165, 1.54) is 25.1 Å². The van der Waals surface area contributed by atoms with Crippen LogP contribution >= 0.6 is 0 Å². The van der Waals surface area contributed by atoms with Gasteiger partial charge in [-0.25, -0.2) is 0 Å². The van der Waals surface area contributed by atoms with Gasteiger partial charge >= 0.3 is 0 Å². The Morgan fingerprint density at radius 1 is 1.50 bits per heavy atom. The molecule has 86 valence electrons. The molecule has 16 heavy (non-hydrogen) atoms. The molecule has 4 nitrogen and oxygen atoms in total. The number of aryl methyl sites for hydroxylation is 1. The van der Waals surface area contributed by atoms with E-state index in [-0.39, 0.29) is 5.60 Å². The van der Waals surface area contributed by atoms with Crippen LogP contribution in [0.5, 0.6) is 0 Å². The number of hydrogen-bond donors (Lipinski definition) is 0. The standard InChI is InChI=1S/C12H17N3O/c1-14-10(4-6-13-14)12-5-7-15(9-2-3-9)8-11(12)16-12/h4,6,9,11H,2-3,5,7-8H2,1H3. The smallest absolute Gasteiger partial charge is 0.139 e. The van der Waals surface area contributed by atoms with Crippen molar-refractivity contribution in [2.75, 3.05) is 13.1 Å². The zero-order valence-corrected chi connectivity index (χ0v) is 9.59. The van der Waals surface area contributed by atoms with E-state index in [9.17, 15) is 0 Å². The Kier molecular flexibility index (Phi) is 1.65. The number of aromatic nitrogens is 2. The summed E-state index contributed by atoms with van der Waals surface area (Å²) in [7, 11) is 2.01. The van der Waals surface area contributed by atoms with Crippen molar-refractivity contribution in [2.45, 2.75) is 37.0 Å². The van der Waals surface area contributed by atoms with Crippen molar-refractivity contribution < 1.29 is 4.74 Å². The Morgan fingerprint density at radius 3 is 3.00 bits per heavy atom. The maximum atomic E-state index is 6.00. The molecule has 0 N–H and O–H groups in total. The molecule has 1 saturated carbocycles. The van der Waals surface area contributed by atoms with E-state index >= 15 is 0 Å². The maximum Gasteiger partial charge on any atom is 0.139 e. The lowest BCUT2D eigenvalue weighted by atomic mass is 9.93. The molecular formula is C12H17N3O. The van der Waals surface area contributed by atoms with Crippen molar-refractivity contribution >= 4 is 0 Å². The number of nitrogens with zero attached hydrogens (tertiary/aromatic N) is 3. The van der Waals surface area contributed by atoms with Crippen LogP contribution in [0.25, 0.3) is 0 Å². The molecule has 0 radical (unpaired) electrons. The average Bonchev–Trinajstić information content (AvgIpc) is 3.17. The number of hydrogen-bond acceptors (Lipinski definition) is 3. The zero-order chi connectivity index (χ0) is 10.8. The average molecular weight is 219 g/mol. The lowest BCUT2D eigenvalue weighted by molar-refractivity contribution is 0.212. The second kappa shape index (κ2) is 2.87. The summed E-state index contributed by atoms with van der Waals surface area (Å²) in [6, 6.07) is 2.97. The van der Waals surface area contributed by atoms with Crippen molar-refractivity contribution in [2.24, 2.45) is 7.05 Å². The Balaban J connectivity index is 1.57. The molecule has 1 aromatic rings. The minimum Gasteiger partial charge on any atom is -0.358 e. The predicted octanol–water partition coefficient (Wildman–Crippen LogP) is 0.882. The molecule has 2 atom stereocenters. The summed E-state index contributed by atoms with van der Waals surface area (Å²) in [5.74, 6) is 0. The summed E-state index contributed by atoms with van der Waals surface area (Å²) in [5, 5.41) is 4.25. The first-order chi connectivity index (χ1) is 7.79. The Morgan fingerprint density at radius 2 is 2.38 bits per heavy atom. The van der Waals surface area contributed by atoms with E-state index in [1.54, 1.807) is 0 Å². The van der Waals surface area contributed by atoms with Gasteiger partial charge in [0, 0.05) is 32.4 Å². The molecule has 0 spiro atoms. The van der Waals surface area contributed by atoms with Gasteiger partial charge in [0.05, 0.1) is 5.69 Å². The molecule has 0 amide bonds. The Hall–Kier alpha value is -0.870. The topological polar surface area (TPSA) is 33.6 Å². The molecule has 2 unspecified atom stereocenters. The van der Waals surface area contributed by atoms with Crippen molar-refractivity contribution in [3.63, 3.8) is 0 Å². The summed E-state index contributed by atoms with van der Waals surface area (Å²) in [4.78, 5) is 2.60. The van der Waals surface area contributed by atoms with Crippen molar-refractivity contribution in [3.05, 3.63) is 18.0 Å². The minimum atomic E-state index is 0.0106. The molecule has 3 aliphatic rings. The first-order valence-corrected chi connectivity index (χ1v) is 6.20. The van der Waals surface area contributed by atoms with Crippen LogP contribution in [-0.4, -0.2) is 39.9 Å². The predicted molar refractivity (Wildman–Crippen MR) is 59.0 cm³/mol. The van der Waals surface area contributed by atoms with Gasteiger partial charge in [0.15, 0.2) is 0 Å². The molecule has 1 aromatic heterocycles. The number of piperidine rings is 1. The van der Waals surface area contributed by atoms with Gasteiger partial charge in [-0.1, -0.05) is 0 Å². The third kappa shape index (κ3) is 1.14. The summed E-state index contributed by atoms with van der Waals surface area (Å²) in [5.41, 5.74) is 1.27. The van der Waals surface area contributed by atoms with E-state index in [0.29, 0.717) is 6.10 Å². The lowest BCUT2D eigenvalue weighted by Gasteiger charge is -2.28. The van der Waals surface area contributed by atoms with Crippen LogP contribution in [0.15, 0.2) is 12.3 Å². The largest absolute Gasteiger partial charge is 0.358 e. The number of fused-ring (bicyclic) bond motifs is 1. The first kappa shape index (κ1) is 9.19. The van der Waals surface area contributed by atoms with Gasteiger partial charge in [-0.2, -0.15) is 5.10 Å². The highest BCUT2D eigenvalue weighted by Gasteiger charge is 2.62. The minimum absolute atomic E-state index is 0.0106. The van der Waals surface area contributed by atoms with Crippen LogP contribution in [0.4, 0.5) is 0 Å². The van der Waals surface area contributed by atoms with E-state index < -0.39 is 0 Å². The molecular weight excluding hydrogens is 202 g/mol. The van der Waals surface area contributed by atoms with Crippen LogP contribution < -0.4 is 0 Å². The molecule has 1 aliphatic carbocycles. The molecule has 2 aliphatic heterocycles. The quantitative estimate of drug-likeness (QED) is 0.692. The van der Waals surface area contributed by atoms with Crippen molar-refractivity contribution in [3.8, 4) is 0 Å². The van der Waals surface area contributed by atoms with Gasteiger partial charge in [0.2, 0.25) is 0 Å². The van der Waals surface area contributed by atoms with Crippen molar-refractivity contribution in [1.29, 1.82) is 0 Å². The van der Waals surface area contributed by atoms with Crippen LogP contribution in [0.1, 0.15) is 25.0 Å². The molecule has 3 heterocycles. The number of epoxide rings is 1. The number of ether oxygens (including phenoxy) is 1. The molecule has 4 rings (SSSR count). The molecule has 0 aromatic carbocycles. The van der Waals surface area contributed by atoms with Gasteiger partial charge < -0.3 is 4.74 Å². The molecule has 4 heteroatoms. The Bertz CT molecular complexity index is 426. The third-order valence-electron chi connectivity index (χ3n) is 4.30. The van der Waals surface area contributed by atoms with Gasteiger partial charge in [0.25, 0.3) is 0 Å². The van der Waals surface area contributed by atoms with Gasteiger partial charge in [-0.05, 0) is 25.3 Å². The SMILES string of the molecule is Cn1nccc1C12CCN(C3CC3)CC1O2. The lowest BCUT2D eigenvalue weighted by Crippen LogP contribution is -2.40. The fourth-order valence-corrected chi connectivity index (χ4v) is 3.15. The highest BCUT2D eigenvalue weighted by atomic mass is 16.6. The van der Waals surface area contributed by atoms with Crippen LogP contribution in [0.3, 0.4) is 0 Å². The van der Waals surface area contributed by atoms with E-state index in [0.717, 1.165) is 19.0 Å². The van der Waals surface area contributed by atoms with Crippen molar-refractivity contribution in [1.82, 2.24) is 14.7 Å². The number of rotatable bonds is 2.